The van der Waals surface area contributed by atoms with Crippen LogP contribution in [-0.4, -0.2) is 14.1 Å². The average Bonchev–Trinajstić information content (AvgIpc) is 3.69. The third kappa shape index (κ3) is 6.28. The fourth-order valence-electron chi connectivity index (χ4n) is 7.02. The summed E-state index contributed by atoms with van der Waals surface area (Å²) in [6.45, 7) is 13.4. The minimum atomic E-state index is -0.0837. The maximum Gasteiger partial charge on any atom is 0.249 e. The van der Waals surface area contributed by atoms with Gasteiger partial charge in [0.15, 0.2) is 5.69 Å². The molecule has 5 heteroatoms. The van der Waals surface area contributed by atoms with Gasteiger partial charge in [0.2, 0.25) is 6.33 Å². The first kappa shape index (κ1) is 33.2. The van der Waals surface area contributed by atoms with Crippen LogP contribution >= 0.6 is 0 Å². The van der Waals surface area contributed by atoms with E-state index in [0.29, 0.717) is 0 Å². The SMILES string of the molecule is C[n+]1cn(-c2cc(Oc3ccc4c5ccccc5n(-c5cc(C(C)(C)C)ccn5)c4c3)cc(C(C)(C)C)c2)cc1-c1ccc(-c2ccccc2)cc1. The zero-order chi connectivity index (χ0) is 36.2. The Morgan fingerprint density at radius 2 is 1.25 bits per heavy atom. The Morgan fingerprint density at radius 1 is 0.577 bits per heavy atom. The molecule has 0 fully saturated rings. The molecule has 0 radical (unpaired) electrons. The van der Waals surface area contributed by atoms with Crippen molar-refractivity contribution >= 4 is 21.8 Å². The third-order valence-electron chi connectivity index (χ3n) is 10.0. The predicted molar refractivity (Wildman–Crippen MR) is 214 cm³/mol. The van der Waals surface area contributed by atoms with E-state index in [1.807, 2.05) is 6.20 Å². The van der Waals surface area contributed by atoms with E-state index in [4.69, 9.17) is 9.72 Å². The molecule has 0 bridgehead atoms. The van der Waals surface area contributed by atoms with Gasteiger partial charge in [-0.3, -0.25) is 4.57 Å². The molecule has 0 unspecified atom stereocenters. The van der Waals surface area contributed by atoms with E-state index >= 15 is 0 Å². The molecule has 0 aliphatic rings. The van der Waals surface area contributed by atoms with Crippen LogP contribution < -0.4 is 9.30 Å². The van der Waals surface area contributed by atoms with Gasteiger partial charge >= 0.3 is 0 Å². The fraction of sp³-hybridized carbons (Fsp3) is 0.191. The monoisotopic (exact) mass is 681 g/mol. The van der Waals surface area contributed by atoms with Crippen molar-refractivity contribution in [3.8, 4) is 45.4 Å². The first-order valence-electron chi connectivity index (χ1n) is 18.0. The highest BCUT2D eigenvalue weighted by molar-refractivity contribution is 6.09. The summed E-state index contributed by atoms with van der Waals surface area (Å²) in [6, 6.07) is 45.1. The predicted octanol–water partition coefficient (Wildman–Crippen LogP) is 11.5. The van der Waals surface area contributed by atoms with Gasteiger partial charge in [-0.25, -0.2) is 14.1 Å². The van der Waals surface area contributed by atoms with E-state index in [-0.39, 0.29) is 10.8 Å². The number of nitrogens with zero attached hydrogens (tertiary/aromatic N) is 4. The van der Waals surface area contributed by atoms with Crippen LogP contribution in [-0.2, 0) is 17.9 Å². The molecule has 0 amide bonds. The smallest absolute Gasteiger partial charge is 0.249 e. The molecule has 258 valence electrons. The van der Waals surface area contributed by atoms with Crippen LogP contribution in [0.4, 0.5) is 0 Å². The Labute approximate surface area is 306 Å². The summed E-state index contributed by atoms with van der Waals surface area (Å²) in [5.41, 5.74) is 10.3. The van der Waals surface area contributed by atoms with Crippen molar-refractivity contribution in [1.29, 1.82) is 0 Å². The summed E-state index contributed by atoms with van der Waals surface area (Å²) in [5.74, 6) is 2.47. The summed E-state index contributed by atoms with van der Waals surface area (Å²) in [5, 5.41) is 2.36. The molecule has 8 aromatic rings. The highest BCUT2D eigenvalue weighted by atomic mass is 16.5. The van der Waals surface area contributed by atoms with Crippen LogP contribution in [0.1, 0.15) is 52.7 Å². The number of benzene rings is 5. The number of hydrogen-bond acceptors (Lipinski definition) is 2. The first-order valence-corrected chi connectivity index (χ1v) is 18.0. The minimum absolute atomic E-state index is 0.00498. The first-order chi connectivity index (χ1) is 24.9. The van der Waals surface area contributed by atoms with Gasteiger partial charge in [0.25, 0.3) is 0 Å². The van der Waals surface area contributed by atoms with E-state index in [9.17, 15) is 0 Å². The molecule has 3 heterocycles. The summed E-state index contributed by atoms with van der Waals surface area (Å²) in [6.07, 6.45) is 6.25. The second-order valence-electron chi connectivity index (χ2n) is 15.8. The van der Waals surface area contributed by atoms with Crippen molar-refractivity contribution in [1.82, 2.24) is 14.1 Å². The van der Waals surface area contributed by atoms with Crippen molar-refractivity contribution in [2.24, 2.45) is 7.05 Å². The fourth-order valence-corrected chi connectivity index (χ4v) is 7.02. The van der Waals surface area contributed by atoms with Crippen molar-refractivity contribution in [2.45, 2.75) is 52.4 Å². The maximum absolute atomic E-state index is 6.77. The van der Waals surface area contributed by atoms with Crippen molar-refractivity contribution in [2.75, 3.05) is 0 Å². The van der Waals surface area contributed by atoms with Gasteiger partial charge in [0, 0.05) is 34.7 Å². The molecule has 8 rings (SSSR count). The number of para-hydroxylation sites is 1. The molecule has 0 saturated heterocycles. The highest BCUT2D eigenvalue weighted by Crippen LogP contribution is 2.37. The van der Waals surface area contributed by atoms with Gasteiger partial charge in [-0.1, -0.05) is 102 Å². The summed E-state index contributed by atoms with van der Waals surface area (Å²) < 4.78 is 13.4. The van der Waals surface area contributed by atoms with Crippen LogP contribution in [0.2, 0.25) is 0 Å². The minimum Gasteiger partial charge on any atom is -0.457 e. The van der Waals surface area contributed by atoms with Gasteiger partial charge in [-0.05, 0) is 87.7 Å². The van der Waals surface area contributed by atoms with E-state index in [1.165, 1.54) is 33.0 Å². The van der Waals surface area contributed by atoms with Crippen LogP contribution in [0, 0.1) is 0 Å². The quantitative estimate of drug-likeness (QED) is 0.164. The van der Waals surface area contributed by atoms with E-state index in [0.717, 1.165) is 45.3 Å². The number of aromatic nitrogens is 4. The highest BCUT2D eigenvalue weighted by Gasteiger charge is 2.22. The normalized spacial score (nSPS) is 12.1. The summed E-state index contributed by atoms with van der Waals surface area (Å²) in [7, 11) is 2.10. The Kier molecular flexibility index (Phi) is 8.10. The van der Waals surface area contributed by atoms with Gasteiger partial charge in [-0.2, -0.15) is 0 Å². The summed E-state index contributed by atoms with van der Waals surface area (Å²) in [4.78, 5) is 4.86. The largest absolute Gasteiger partial charge is 0.457 e. The molecule has 5 aromatic carbocycles. The Balaban J connectivity index is 1.18. The maximum atomic E-state index is 6.77. The second-order valence-corrected chi connectivity index (χ2v) is 15.8. The lowest BCUT2D eigenvalue weighted by Gasteiger charge is -2.21. The van der Waals surface area contributed by atoms with Crippen molar-refractivity contribution < 1.29 is 9.30 Å². The van der Waals surface area contributed by atoms with Crippen LogP contribution in [0.3, 0.4) is 0 Å². The number of pyridine rings is 1. The molecule has 0 aliphatic carbocycles. The lowest BCUT2D eigenvalue weighted by Crippen LogP contribution is -2.27. The van der Waals surface area contributed by atoms with Crippen LogP contribution in [0.5, 0.6) is 11.5 Å². The Hall–Kier alpha value is -5.94. The topological polar surface area (TPSA) is 35.9 Å². The molecule has 0 saturated carbocycles. The zero-order valence-electron chi connectivity index (χ0n) is 31.1. The molecule has 0 spiro atoms. The van der Waals surface area contributed by atoms with Gasteiger partial charge in [0.1, 0.15) is 29.2 Å². The molecule has 3 aromatic heterocycles. The second kappa shape index (κ2) is 12.7. The number of imidazole rings is 1. The van der Waals surface area contributed by atoms with E-state index < -0.39 is 0 Å². The average molecular weight is 682 g/mol. The molecule has 0 N–H and O–H groups in total. The molecule has 5 nitrogen and oxygen atoms in total. The van der Waals surface area contributed by atoms with Crippen molar-refractivity contribution in [3.05, 3.63) is 157 Å². The molecule has 0 atom stereocenters. The standard InChI is InChI=1S/C47H45N4O/c1-46(2,3)35-23-24-48-45(27-35)51-42-16-12-11-15-40(42)41-22-21-38(29-43(41)51)52-39-26-36(47(4,5)6)25-37(28-39)50-30-44(49(7)31-50)34-19-17-33(18-20-34)32-13-9-8-10-14-32/h8-31H,1-7H3/q+1. The summed E-state index contributed by atoms with van der Waals surface area (Å²) >= 11 is 0. The molecular weight excluding hydrogens is 637 g/mol. The van der Waals surface area contributed by atoms with Gasteiger partial charge in [-0.15, -0.1) is 0 Å². The number of rotatable bonds is 6. The van der Waals surface area contributed by atoms with Crippen molar-refractivity contribution in [3.63, 3.8) is 0 Å². The third-order valence-corrected chi connectivity index (χ3v) is 10.0. The van der Waals surface area contributed by atoms with E-state index in [1.54, 1.807) is 0 Å². The van der Waals surface area contributed by atoms with Gasteiger partial charge < -0.3 is 4.74 Å². The number of ether oxygens (including phenoxy) is 1. The Morgan fingerprint density at radius 3 is 2.00 bits per heavy atom. The molecule has 0 aliphatic heterocycles. The van der Waals surface area contributed by atoms with Crippen LogP contribution in [0.25, 0.3) is 55.7 Å². The number of aryl methyl sites for hydroxylation is 1. The lowest BCUT2D eigenvalue weighted by molar-refractivity contribution is -0.659. The Bertz CT molecular complexity index is 2560. The van der Waals surface area contributed by atoms with Gasteiger partial charge in [0.05, 0.1) is 18.1 Å². The zero-order valence-corrected chi connectivity index (χ0v) is 31.1. The van der Waals surface area contributed by atoms with E-state index in [2.05, 4.69) is 202 Å². The number of fused-ring (bicyclic) bond motifs is 3. The lowest BCUT2D eigenvalue weighted by atomic mass is 9.86. The van der Waals surface area contributed by atoms with Crippen LogP contribution in [0.15, 0.2) is 146 Å². The molecular formula is C47H45N4O+. The molecule has 52 heavy (non-hydrogen) atoms. The number of hydrogen-bond donors (Lipinski definition) is 0.